The summed E-state index contributed by atoms with van der Waals surface area (Å²) in [5.74, 6) is 1.24. The van der Waals surface area contributed by atoms with E-state index in [1.807, 2.05) is 24.3 Å². The first-order valence-electron chi connectivity index (χ1n) is 7.54. The van der Waals surface area contributed by atoms with Crippen LogP contribution in [0.4, 0.5) is 0 Å². The monoisotopic (exact) mass is 316 g/mol. The van der Waals surface area contributed by atoms with Gasteiger partial charge in [-0.3, -0.25) is 4.79 Å². The van der Waals surface area contributed by atoms with Crippen LogP contribution < -0.4 is 9.47 Å². The molecular formula is C17H20N2O4. The first-order valence-corrected chi connectivity index (χ1v) is 7.54. The minimum absolute atomic E-state index is 0.0540. The van der Waals surface area contributed by atoms with Gasteiger partial charge in [0.25, 0.3) is 5.91 Å². The third-order valence-electron chi connectivity index (χ3n) is 3.94. The van der Waals surface area contributed by atoms with E-state index >= 15 is 0 Å². The fourth-order valence-electron chi connectivity index (χ4n) is 2.67. The first-order chi connectivity index (χ1) is 11.1. The molecule has 1 aliphatic heterocycles. The van der Waals surface area contributed by atoms with E-state index in [4.69, 9.17) is 14.2 Å². The van der Waals surface area contributed by atoms with Gasteiger partial charge in [0.05, 0.1) is 25.8 Å². The minimum Gasteiger partial charge on any atom is -0.497 e. The number of carbonyl (C=O) groups is 1. The van der Waals surface area contributed by atoms with Crippen LogP contribution in [0.25, 0.3) is 10.9 Å². The molecule has 0 radical (unpaired) electrons. The van der Waals surface area contributed by atoms with Gasteiger partial charge in [-0.1, -0.05) is 0 Å². The lowest BCUT2D eigenvalue weighted by atomic mass is 10.1. The molecule has 1 unspecified atom stereocenters. The molecular weight excluding hydrogens is 296 g/mol. The lowest BCUT2D eigenvalue weighted by Gasteiger charge is -2.21. The van der Waals surface area contributed by atoms with E-state index in [9.17, 15) is 4.79 Å². The molecule has 2 heterocycles. The summed E-state index contributed by atoms with van der Waals surface area (Å²) in [6, 6.07) is 7.68. The normalized spacial score (nSPS) is 17.6. The van der Waals surface area contributed by atoms with Crippen LogP contribution in [0.3, 0.4) is 0 Å². The van der Waals surface area contributed by atoms with Gasteiger partial charge in [0.1, 0.15) is 5.75 Å². The average molecular weight is 316 g/mol. The standard InChI is InChI=1S/C17H20N2O4/c1-11-17(20)19(6-7-21-2)10-13-8-12-9-14(22-3)4-5-15(12)18-16(13)23-11/h4-5,8-9,11H,6-7,10H2,1-3H3. The maximum Gasteiger partial charge on any atom is 0.263 e. The Labute approximate surface area is 135 Å². The predicted octanol–water partition coefficient (Wildman–Crippen LogP) is 2.00. The molecule has 0 bridgehead atoms. The Kier molecular flexibility index (Phi) is 4.34. The first kappa shape index (κ1) is 15.6. The molecule has 1 aliphatic rings. The number of hydrogen-bond donors (Lipinski definition) is 0. The molecule has 1 atom stereocenters. The zero-order chi connectivity index (χ0) is 16.4. The third kappa shape index (κ3) is 3.07. The Hall–Kier alpha value is -2.34. The van der Waals surface area contributed by atoms with Crippen molar-refractivity contribution in [1.29, 1.82) is 0 Å². The third-order valence-corrected chi connectivity index (χ3v) is 3.94. The number of nitrogens with zero attached hydrogens (tertiary/aromatic N) is 2. The van der Waals surface area contributed by atoms with Crippen molar-refractivity contribution in [3.05, 3.63) is 29.8 Å². The van der Waals surface area contributed by atoms with Crippen LogP contribution in [0.15, 0.2) is 24.3 Å². The Balaban J connectivity index is 2.01. The van der Waals surface area contributed by atoms with Gasteiger partial charge in [0, 0.05) is 24.6 Å². The summed E-state index contributed by atoms with van der Waals surface area (Å²) in [6.45, 7) is 3.22. The molecule has 1 aromatic carbocycles. The molecule has 6 nitrogen and oxygen atoms in total. The van der Waals surface area contributed by atoms with Crippen molar-refractivity contribution in [3.8, 4) is 11.6 Å². The van der Waals surface area contributed by atoms with Gasteiger partial charge >= 0.3 is 0 Å². The lowest BCUT2D eigenvalue weighted by Crippen LogP contribution is -2.39. The Morgan fingerprint density at radius 2 is 2.17 bits per heavy atom. The largest absolute Gasteiger partial charge is 0.497 e. The highest BCUT2D eigenvalue weighted by Gasteiger charge is 2.28. The van der Waals surface area contributed by atoms with Gasteiger partial charge in [-0.25, -0.2) is 4.98 Å². The van der Waals surface area contributed by atoms with Crippen molar-refractivity contribution in [2.45, 2.75) is 19.6 Å². The van der Waals surface area contributed by atoms with Crippen LogP contribution in [0.2, 0.25) is 0 Å². The SMILES string of the molecule is COCCN1Cc2cc3cc(OC)ccc3nc2OC(C)C1=O. The zero-order valence-electron chi connectivity index (χ0n) is 13.5. The number of pyridine rings is 1. The number of amides is 1. The van der Waals surface area contributed by atoms with E-state index < -0.39 is 6.10 Å². The summed E-state index contributed by atoms with van der Waals surface area (Å²) in [7, 11) is 3.26. The Morgan fingerprint density at radius 1 is 1.35 bits per heavy atom. The van der Waals surface area contributed by atoms with Gasteiger partial charge in [-0.05, 0) is 31.2 Å². The quantitative estimate of drug-likeness (QED) is 0.863. The molecule has 3 rings (SSSR count). The van der Waals surface area contributed by atoms with E-state index in [-0.39, 0.29) is 5.91 Å². The number of benzene rings is 1. The van der Waals surface area contributed by atoms with Crippen LogP contribution in [-0.2, 0) is 16.1 Å². The van der Waals surface area contributed by atoms with Crippen molar-refractivity contribution in [2.75, 3.05) is 27.4 Å². The zero-order valence-corrected chi connectivity index (χ0v) is 13.5. The molecule has 0 saturated heterocycles. The number of ether oxygens (including phenoxy) is 3. The molecule has 2 aromatic rings. The van der Waals surface area contributed by atoms with E-state index in [2.05, 4.69) is 4.98 Å². The maximum atomic E-state index is 12.4. The van der Waals surface area contributed by atoms with E-state index in [1.54, 1.807) is 26.0 Å². The Bertz CT molecular complexity index is 732. The molecule has 6 heteroatoms. The van der Waals surface area contributed by atoms with Gasteiger partial charge in [-0.2, -0.15) is 0 Å². The molecule has 23 heavy (non-hydrogen) atoms. The van der Waals surface area contributed by atoms with Crippen molar-refractivity contribution in [3.63, 3.8) is 0 Å². The number of rotatable bonds is 4. The van der Waals surface area contributed by atoms with Crippen LogP contribution in [0.5, 0.6) is 11.6 Å². The second kappa shape index (κ2) is 6.42. The highest BCUT2D eigenvalue weighted by Crippen LogP contribution is 2.29. The van der Waals surface area contributed by atoms with E-state index in [1.165, 1.54) is 0 Å². The van der Waals surface area contributed by atoms with E-state index in [0.717, 1.165) is 22.2 Å². The highest BCUT2D eigenvalue weighted by molar-refractivity contribution is 5.84. The number of methoxy groups -OCH3 is 2. The number of carbonyl (C=O) groups excluding carboxylic acids is 1. The van der Waals surface area contributed by atoms with E-state index in [0.29, 0.717) is 25.6 Å². The maximum absolute atomic E-state index is 12.4. The highest BCUT2D eigenvalue weighted by atomic mass is 16.5. The summed E-state index contributed by atoms with van der Waals surface area (Å²) in [6.07, 6.45) is -0.559. The van der Waals surface area contributed by atoms with Gasteiger partial charge < -0.3 is 19.1 Å². The van der Waals surface area contributed by atoms with Crippen LogP contribution >= 0.6 is 0 Å². The molecule has 1 amide bonds. The van der Waals surface area contributed by atoms with Gasteiger partial charge in [0.15, 0.2) is 6.10 Å². The second-order valence-electron chi connectivity index (χ2n) is 5.52. The van der Waals surface area contributed by atoms with Crippen LogP contribution in [-0.4, -0.2) is 49.3 Å². The molecule has 0 aliphatic carbocycles. The summed E-state index contributed by atoms with van der Waals surface area (Å²) in [4.78, 5) is 18.7. The molecule has 122 valence electrons. The molecule has 0 saturated carbocycles. The molecule has 0 spiro atoms. The number of aromatic nitrogens is 1. The number of fused-ring (bicyclic) bond motifs is 2. The average Bonchev–Trinajstić information content (AvgIpc) is 2.67. The van der Waals surface area contributed by atoms with Crippen LogP contribution in [0, 0.1) is 0 Å². The Morgan fingerprint density at radius 3 is 2.91 bits per heavy atom. The number of hydrogen-bond acceptors (Lipinski definition) is 5. The molecule has 1 aromatic heterocycles. The van der Waals surface area contributed by atoms with Gasteiger partial charge in [-0.15, -0.1) is 0 Å². The van der Waals surface area contributed by atoms with Gasteiger partial charge in [0.2, 0.25) is 5.88 Å². The predicted molar refractivity (Wildman–Crippen MR) is 85.7 cm³/mol. The summed E-state index contributed by atoms with van der Waals surface area (Å²) in [5, 5.41) is 0.959. The lowest BCUT2D eigenvalue weighted by molar-refractivity contribution is -0.138. The van der Waals surface area contributed by atoms with Crippen molar-refractivity contribution in [2.24, 2.45) is 0 Å². The summed E-state index contributed by atoms with van der Waals surface area (Å²) < 4.78 is 16.1. The van der Waals surface area contributed by atoms with Crippen molar-refractivity contribution < 1.29 is 19.0 Å². The molecule has 0 N–H and O–H groups in total. The fraction of sp³-hybridized carbons (Fsp3) is 0.412. The molecule has 0 fully saturated rings. The minimum atomic E-state index is -0.559. The smallest absolute Gasteiger partial charge is 0.263 e. The second-order valence-corrected chi connectivity index (χ2v) is 5.52. The summed E-state index contributed by atoms with van der Waals surface area (Å²) in [5.41, 5.74) is 1.70. The van der Waals surface area contributed by atoms with Crippen LogP contribution in [0.1, 0.15) is 12.5 Å². The van der Waals surface area contributed by atoms with Crippen molar-refractivity contribution in [1.82, 2.24) is 9.88 Å². The van der Waals surface area contributed by atoms with Crippen molar-refractivity contribution >= 4 is 16.8 Å². The topological polar surface area (TPSA) is 60.9 Å². The summed E-state index contributed by atoms with van der Waals surface area (Å²) >= 11 is 0. The fourth-order valence-corrected chi connectivity index (χ4v) is 2.67.